The van der Waals surface area contributed by atoms with Crippen LogP contribution in [0.25, 0.3) is 0 Å². The largest absolute Gasteiger partial charge is 0.494 e. The Morgan fingerprint density at radius 2 is 1.94 bits per heavy atom. The summed E-state index contributed by atoms with van der Waals surface area (Å²) in [6, 6.07) is 9.92. The molecular formula is C14H14FNO2. The zero-order valence-electron chi connectivity index (χ0n) is 10.2. The predicted octanol–water partition coefficient (Wildman–Crippen LogP) is 2.62. The van der Waals surface area contributed by atoms with Crippen LogP contribution >= 0.6 is 0 Å². The molecular weight excluding hydrogens is 233 g/mol. The van der Waals surface area contributed by atoms with E-state index in [0.29, 0.717) is 5.69 Å². The van der Waals surface area contributed by atoms with Crippen LogP contribution in [0.1, 0.15) is 23.1 Å². The van der Waals surface area contributed by atoms with E-state index in [9.17, 15) is 9.50 Å². The summed E-state index contributed by atoms with van der Waals surface area (Å²) in [6.45, 7) is 1.82. The molecule has 0 amide bonds. The topological polar surface area (TPSA) is 42.4 Å². The van der Waals surface area contributed by atoms with E-state index < -0.39 is 11.9 Å². The van der Waals surface area contributed by atoms with Crippen molar-refractivity contribution in [3.05, 3.63) is 59.2 Å². The van der Waals surface area contributed by atoms with Gasteiger partial charge in [-0.2, -0.15) is 0 Å². The number of rotatable bonds is 3. The Balaban J connectivity index is 2.43. The summed E-state index contributed by atoms with van der Waals surface area (Å²) in [5, 5.41) is 10.2. The number of aryl methyl sites for hydroxylation is 1. The van der Waals surface area contributed by atoms with Crippen molar-refractivity contribution < 1.29 is 14.2 Å². The average Bonchev–Trinajstić information content (AvgIpc) is 2.38. The number of aliphatic hydroxyl groups is 1. The molecule has 94 valence electrons. The van der Waals surface area contributed by atoms with Gasteiger partial charge in [0.05, 0.1) is 12.8 Å². The van der Waals surface area contributed by atoms with E-state index in [1.54, 1.807) is 18.2 Å². The Morgan fingerprint density at radius 1 is 1.22 bits per heavy atom. The van der Waals surface area contributed by atoms with E-state index in [4.69, 9.17) is 4.74 Å². The summed E-state index contributed by atoms with van der Waals surface area (Å²) in [7, 11) is 1.39. The Hall–Kier alpha value is -1.94. The third kappa shape index (κ3) is 2.33. The number of halogens is 1. The van der Waals surface area contributed by atoms with E-state index in [1.165, 1.54) is 19.2 Å². The minimum absolute atomic E-state index is 0.110. The van der Waals surface area contributed by atoms with Gasteiger partial charge in [-0.05, 0) is 25.1 Å². The molecule has 1 heterocycles. The van der Waals surface area contributed by atoms with Crippen molar-refractivity contribution in [2.24, 2.45) is 0 Å². The van der Waals surface area contributed by atoms with Crippen molar-refractivity contribution in [3.63, 3.8) is 0 Å². The standard InChI is InChI=1S/C14H14FNO2/c1-9-5-3-7-11(16-9)14(17)10-6-4-8-12(18-2)13(10)15/h3-8,14,17H,1-2H3. The minimum Gasteiger partial charge on any atom is -0.494 e. The van der Waals surface area contributed by atoms with Crippen molar-refractivity contribution in [3.8, 4) is 5.75 Å². The minimum atomic E-state index is -1.10. The molecule has 4 heteroatoms. The van der Waals surface area contributed by atoms with E-state index in [-0.39, 0.29) is 11.3 Å². The van der Waals surface area contributed by atoms with Crippen LogP contribution in [-0.4, -0.2) is 17.2 Å². The molecule has 0 radical (unpaired) electrons. The second kappa shape index (κ2) is 5.14. The van der Waals surface area contributed by atoms with Crippen molar-refractivity contribution in [2.45, 2.75) is 13.0 Å². The monoisotopic (exact) mass is 247 g/mol. The van der Waals surface area contributed by atoms with Gasteiger partial charge >= 0.3 is 0 Å². The van der Waals surface area contributed by atoms with Crippen molar-refractivity contribution in [1.29, 1.82) is 0 Å². The Kier molecular flexibility index (Phi) is 3.58. The van der Waals surface area contributed by atoms with Gasteiger partial charge in [-0.25, -0.2) is 4.39 Å². The molecule has 1 aromatic carbocycles. The Labute approximate surface area is 105 Å². The zero-order chi connectivity index (χ0) is 13.1. The third-order valence-electron chi connectivity index (χ3n) is 2.70. The first-order valence-electron chi connectivity index (χ1n) is 5.57. The number of pyridine rings is 1. The van der Waals surface area contributed by atoms with Crippen LogP contribution < -0.4 is 4.74 Å². The molecule has 1 unspecified atom stereocenters. The zero-order valence-corrected chi connectivity index (χ0v) is 10.2. The van der Waals surface area contributed by atoms with Crippen LogP contribution in [-0.2, 0) is 0 Å². The summed E-state index contributed by atoms with van der Waals surface area (Å²) >= 11 is 0. The van der Waals surface area contributed by atoms with Crippen LogP contribution in [0.15, 0.2) is 36.4 Å². The third-order valence-corrected chi connectivity index (χ3v) is 2.70. The molecule has 2 aromatic rings. The van der Waals surface area contributed by atoms with Crippen LogP contribution in [0.5, 0.6) is 5.75 Å². The number of aliphatic hydroxyl groups excluding tert-OH is 1. The van der Waals surface area contributed by atoms with E-state index in [2.05, 4.69) is 4.98 Å². The van der Waals surface area contributed by atoms with Crippen LogP contribution in [0.2, 0.25) is 0 Å². The number of hydrogen-bond acceptors (Lipinski definition) is 3. The highest BCUT2D eigenvalue weighted by molar-refractivity contribution is 5.35. The highest BCUT2D eigenvalue weighted by Gasteiger charge is 2.18. The molecule has 1 atom stereocenters. The normalized spacial score (nSPS) is 12.2. The number of ether oxygens (including phenoxy) is 1. The highest BCUT2D eigenvalue weighted by Crippen LogP contribution is 2.28. The maximum atomic E-state index is 14.0. The molecule has 3 nitrogen and oxygen atoms in total. The first-order chi connectivity index (χ1) is 8.63. The molecule has 0 saturated carbocycles. The van der Waals surface area contributed by atoms with Crippen LogP contribution in [0.4, 0.5) is 4.39 Å². The Bertz CT molecular complexity index is 557. The van der Waals surface area contributed by atoms with Gasteiger partial charge in [-0.15, -0.1) is 0 Å². The lowest BCUT2D eigenvalue weighted by molar-refractivity contribution is 0.208. The second-order valence-electron chi connectivity index (χ2n) is 3.97. The van der Waals surface area contributed by atoms with Crippen LogP contribution in [0, 0.1) is 12.7 Å². The van der Waals surface area contributed by atoms with Gasteiger partial charge in [0.1, 0.15) is 6.10 Å². The average molecular weight is 247 g/mol. The first kappa shape index (κ1) is 12.5. The van der Waals surface area contributed by atoms with E-state index in [0.717, 1.165) is 5.69 Å². The number of hydrogen-bond donors (Lipinski definition) is 1. The number of nitrogens with zero attached hydrogens (tertiary/aromatic N) is 1. The molecule has 18 heavy (non-hydrogen) atoms. The lowest BCUT2D eigenvalue weighted by Crippen LogP contribution is -2.06. The van der Waals surface area contributed by atoms with Gasteiger partial charge in [-0.1, -0.05) is 18.2 Å². The highest BCUT2D eigenvalue weighted by atomic mass is 19.1. The quantitative estimate of drug-likeness (QED) is 0.906. The maximum Gasteiger partial charge on any atom is 0.171 e. The fraction of sp³-hybridized carbons (Fsp3) is 0.214. The number of methoxy groups -OCH3 is 1. The van der Waals surface area contributed by atoms with Gasteiger partial charge in [0.2, 0.25) is 0 Å². The molecule has 0 aliphatic carbocycles. The molecule has 0 aliphatic heterocycles. The molecule has 0 fully saturated rings. The van der Waals surface area contributed by atoms with E-state index >= 15 is 0 Å². The Morgan fingerprint density at radius 3 is 2.61 bits per heavy atom. The lowest BCUT2D eigenvalue weighted by atomic mass is 10.0. The van der Waals surface area contributed by atoms with E-state index in [1.807, 2.05) is 13.0 Å². The summed E-state index contributed by atoms with van der Waals surface area (Å²) in [4.78, 5) is 4.19. The second-order valence-corrected chi connectivity index (χ2v) is 3.97. The van der Waals surface area contributed by atoms with Gasteiger partial charge in [0.25, 0.3) is 0 Å². The molecule has 0 aliphatic rings. The van der Waals surface area contributed by atoms with Crippen molar-refractivity contribution in [1.82, 2.24) is 4.98 Å². The fourth-order valence-corrected chi connectivity index (χ4v) is 1.77. The maximum absolute atomic E-state index is 14.0. The number of aromatic nitrogens is 1. The summed E-state index contributed by atoms with van der Waals surface area (Å²) in [6.07, 6.45) is -1.10. The van der Waals surface area contributed by atoms with Crippen molar-refractivity contribution >= 4 is 0 Å². The first-order valence-corrected chi connectivity index (χ1v) is 5.57. The smallest absolute Gasteiger partial charge is 0.171 e. The molecule has 0 saturated heterocycles. The van der Waals surface area contributed by atoms with Gasteiger partial charge in [0, 0.05) is 11.3 Å². The summed E-state index contributed by atoms with van der Waals surface area (Å²) in [5.41, 5.74) is 1.35. The molecule has 0 spiro atoms. The molecule has 1 aromatic heterocycles. The van der Waals surface area contributed by atoms with Crippen molar-refractivity contribution in [2.75, 3.05) is 7.11 Å². The van der Waals surface area contributed by atoms with Gasteiger partial charge in [0.15, 0.2) is 11.6 Å². The number of benzene rings is 1. The SMILES string of the molecule is COc1cccc(C(O)c2cccc(C)n2)c1F. The molecule has 1 N–H and O–H groups in total. The fourth-order valence-electron chi connectivity index (χ4n) is 1.77. The van der Waals surface area contributed by atoms with Crippen LogP contribution in [0.3, 0.4) is 0 Å². The van der Waals surface area contributed by atoms with Gasteiger partial charge in [-0.3, -0.25) is 4.98 Å². The predicted molar refractivity (Wildman–Crippen MR) is 66.0 cm³/mol. The lowest BCUT2D eigenvalue weighted by Gasteiger charge is -2.13. The summed E-state index contributed by atoms with van der Waals surface area (Å²) in [5.74, 6) is -0.449. The molecule has 2 rings (SSSR count). The molecule has 0 bridgehead atoms. The summed E-state index contributed by atoms with van der Waals surface area (Å²) < 4.78 is 18.9. The van der Waals surface area contributed by atoms with Gasteiger partial charge < -0.3 is 9.84 Å².